The molecule has 0 N–H and O–H groups in total. The predicted octanol–water partition coefficient (Wildman–Crippen LogP) is 16.3. The lowest BCUT2D eigenvalue weighted by Crippen LogP contribution is -2.87. The van der Waals surface area contributed by atoms with Gasteiger partial charge in [0, 0.05) is 59.0 Å². The van der Waals surface area contributed by atoms with Crippen LogP contribution in [0, 0.1) is 35.0 Å². The quantitative estimate of drug-likeness (QED) is 0.160. The van der Waals surface area contributed by atoms with Crippen molar-refractivity contribution in [3.05, 3.63) is 175 Å². The summed E-state index contributed by atoms with van der Waals surface area (Å²) in [7, 11) is 0. The van der Waals surface area contributed by atoms with Gasteiger partial charge in [0.05, 0.1) is 11.0 Å². The largest absolute Gasteiger partial charge is 0.376 e. The third-order valence-corrected chi connectivity index (χ3v) is 22.6. The Hall–Kier alpha value is -6.62. The standard InChI is InChI=1S/C67H51BN2S/c1-2-8-38(9-3-1)39-18-21-49(22-19-39)70-57-24-25-59-61(54-27-41-10-4-5-11-42(41)30-60(54)71-59)63(57)62-50-13-7-6-12-43(50)29-58-64(62)68(70)55-34-45(66-35-47-31-46-32-48(36-66)67(46,47)66)33-53-52-28-44(20-23-56(52)69(58)65(53)55)51-26-37-14-16-40(51)17-15-37/h1-13,18-25,27-30,33-34,37,40,46-48,51H,14-17,26,31-32,35-36H2. The second kappa shape index (κ2) is 12.9. The van der Waals surface area contributed by atoms with E-state index in [2.05, 4.69) is 173 Å². The van der Waals surface area contributed by atoms with Gasteiger partial charge in [0.2, 0.25) is 0 Å². The molecule has 20 rings (SSSR count). The average molecular weight is 927 g/mol. The highest BCUT2D eigenvalue weighted by molar-refractivity contribution is 7.26. The molecule has 4 heterocycles. The normalized spacial score (nSPS) is 27.8. The maximum Gasteiger partial charge on any atom is 0.333 e. The maximum atomic E-state index is 2.82. The van der Waals surface area contributed by atoms with Gasteiger partial charge in [-0.05, 0) is 207 Å². The first-order chi connectivity index (χ1) is 35.1. The minimum Gasteiger partial charge on any atom is -0.376 e. The van der Waals surface area contributed by atoms with E-state index in [9.17, 15) is 0 Å². The second-order valence-corrected chi connectivity index (χ2v) is 25.0. The monoisotopic (exact) mass is 926 g/mol. The Morgan fingerprint density at radius 3 is 2.07 bits per heavy atom. The predicted molar refractivity (Wildman–Crippen MR) is 299 cm³/mol. The van der Waals surface area contributed by atoms with Gasteiger partial charge in [-0.15, -0.1) is 11.3 Å². The summed E-state index contributed by atoms with van der Waals surface area (Å²) in [6, 6.07) is 64.9. The van der Waals surface area contributed by atoms with Crippen molar-refractivity contribution < 1.29 is 0 Å². The van der Waals surface area contributed by atoms with Crippen molar-refractivity contribution in [1.29, 1.82) is 0 Å². The summed E-state index contributed by atoms with van der Waals surface area (Å²) in [5.41, 5.74) is 19.2. The van der Waals surface area contributed by atoms with Crippen LogP contribution in [0.25, 0.3) is 91.5 Å². The minimum absolute atomic E-state index is 0.0186. The molecule has 2 aliphatic heterocycles. The molecule has 3 atom stereocenters. The Kier molecular flexibility index (Phi) is 6.91. The van der Waals surface area contributed by atoms with E-state index in [1.165, 1.54) is 172 Å². The van der Waals surface area contributed by atoms with Gasteiger partial charge >= 0.3 is 6.85 Å². The summed E-state index contributed by atoms with van der Waals surface area (Å²) >= 11 is 1.96. The van der Waals surface area contributed by atoms with E-state index in [-0.39, 0.29) is 6.85 Å². The topological polar surface area (TPSA) is 8.17 Å². The van der Waals surface area contributed by atoms with Crippen molar-refractivity contribution in [1.82, 2.24) is 4.57 Å². The molecule has 0 radical (unpaired) electrons. The van der Waals surface area contributed by atoms with E-state index in [1.54, 1.807) is 11.1 Å². The van der Waals surface area contributed by atoms with Crippen LogP contribution in [0.5, 0.6) is 0 Å². The van der Waals surface area contributed by atoms with Crippen molar-refractivity contribution in [3.8, 4) is 27.9 Å². The molecule has 338 valence electrons. The SMILES string of the molecule is c1ccc(-c2ccc(N3B4c5c(cc6ccccc6c5-c5c3ccc3sc6cc7ccccc7cc6c53)-n3c5ccc(C6CC7CCC6CC7)cc5c5cc(C67CC8CC9CC(C6)C987)cc4c53)cc2)cc1. The highest BCUT2D eigenvalue weighted by Crippen LogP contribution is 2.92. The summed E-state index contributed by atoms with van der Waals surface area (Å²) in [6.45, 7) is -0.0186. The summed E-state index contributed by atoms with van der Waals surface area (Å²) in [6.07, 6.45) is 12.8. The van der Waals surface area contributed by atoms with Crippen LogP contribution in [0.3, 0.4) is 0 Å². The lowest BCUT2D eigenvalue weighted by molar-refractivity contribution is -0.395. The molecule has 9 aromatic carbocycles. The third kappa shape index (κ3) is 4.42. The number of hydrogen-bond donors (Lipinski definition) is 0. The number of benzene rings is 9. The van der Waals surface area contributed by atoms with E-state index in [1.807, 2.05) is 11.3 Å². The molecule has 2 aromatic heterocycles. The molecule has 4 heteroatoms. The second-order valence-electron chi connectivity index (χ2n) is 23.9. The first-order valence-corrected chi connectivity index (χ1v) is 27.9. The van der Waals surface area contributed by atoms with Gasteiger partial charge < -0.3 is 9.38 Å². The van der Waals surface area contributed by atoms with Crippen LogP contribution < -0.4 is 15.7 Å². The van der Waals surface area contributed by atoms with E-state index in [0.29, 0.717) is 16.7 Å². The van der Waals surface area contributed by atoms with Crippen molar-refractivity contribution in [2.24, 2.45) is 35.0 Å². The molecule has 3 unspecified atom stereocenters. The molecule has 7 fully saturated rings. The Labute approximate surface area is 418 Å². The van der Waals surface area contributed by atoms with Gasteiger partial charge in [0.25, 0.3) is 0 Å². The van der Waals surface area contributed by atoms with Gasteiger partial charge in [-0.25, -0.2) is 0 Å². The lowest BCUT2D eigenvalue weighted by atomic mass is 9.12. The fourth-order valence-electron chi connectivity index (χ4n) is 18.7. The minimum atomic E-state index is -0.0186. The van der Waals surface area contributed by atoms with Crippen LogP contribution in [-0.2, 0) is 5.41 Å². The Morgan fingerprint density at radius 2 is 1.30 bits per heavy atom. The number of aromatic nitrogens is 1. The van der Waals surface area contributed by atoms with E-state index < -0.39 is 0 Å². The van der Waals surface area contributed by atoms with Crippen molar-refractivity contribution >= 4 is 104 Å². The number of nitrogens with zero attached hydrogens (tertiary/aromatic N) is 2. The van der Waals surface area contributed by atoms with Crippen LogP contribution in [0.15, 0.2) is 164 Å². The van der Waals surface area contributed by atoms with Crippen LogP contribution in [0.2, 0.25) is 0 Å². The van der Waals surface area contributed by atoms with Crippen LogP contribution >= 0.6 is 11.3 Å². The molecule has 7 aliphatic carbocycles. The molecule has 1 spiro atoms. The summed E-state index contributed by atoms with van der Waals surface area (Å²) in [5.74, 6) is 5.25. The number of hydrogen-bond acceptors (Lipinski definition) is 2. The molecule has 0 saturated heterocycles. The van der Waals surface area contributed by atoms with Crippen LogP contribution in [0.1, 0.15) is 74.8 Å². The molecular weight excluding hydrogens is 876 g/mol. The van der Waals surface area contributed by atoms with Crippen molar-refractivity contribution in [3.63, 3.8) is 0 Å². The van der Waals surface area contributed by atoms with Gasteiger partial charge in [0.15, 0.2) is 0 Å². The Bertz CT molecular complexity index is 4200. The average Bonchev–Trinajstić information content (AvgIpc) is 4.08. The van der Waals surface area contributed by atoms with Gasteiger partial charge in [-0.3, -0.25) is 0 Å². The lowest BCUT2D eigenvalue weighted by Gasteiger charge is -2.91. The van der Waals surface area contributed by atoms with E-state index in [0.717, 1.165) is 29.6 Å². The molecule has 9 aliphatic rings. The molecular formula is C67H51BN2S. The molecule has 2 bridgehead atoms. The highest BCUT2D eigenvalue weighted by atomic mass is 32.1. The third-order valence-electron chi connectivity index (χ3n) is 21.5. The Balaban J connectivity index is 0.953. The Morgan fingerprint density at radius 1 is 0.535 bits per heavy atom. The highest BCUT2D eigenvalue weighted by Gasteiger charge is 2.87. The van der Waals surface area contributed by atoms with Gasteiger partial charge in [-0.2, -0.15) is 0 Å². The number of thiophene rings is 1. The fourth-order valence-corrected chi connectivity index (χ4v) is 19.9. The number of anilines is 2. The first kappa shape index (κ1) is 38.1. The molecule has 71 heavy (non-hydrogen) atoms. The van der Waals surface area contributed by atoms with Gasteiger partial charge in [-0.1, -0.05) is 116 Å². The smallest absolute Gasteiger partial charge is 0.333 e. The van der Waals surface area contributed by atoms with Crippen molar-refractivity contribution in [2.75, 3.05) is 4.81 Å². The van der Waals surface area contributed by atoms with Crippen LogP contribution in [-0.4, -0.2) is 11.4 Å². The summed E-state index contributed by atoms with van der Waals surface area (Å²) < 4.78 is 5.50. The summed E-state index contributed by atoms with van der Waals surface area (Å²) in [5, 5.41) is 11.0. The van der Waals surface area contributed by atoms with E-state index in [4.69, 9.17) is 0 Å². The van der Waals surface area contributed by atoms with E-state index >= 15 is 0 Å². The fraction of sp³-hybridized carbons (Fsp3) is 0.254. The zero-order valence-electron chi connectivity index (χ0n) is 39.8. The summed E-state index contributed by atoms with van der Waals surface area (Å²) in [4.78, 5) is 2.82. The molecule has 11 aromatic rings. The van der Waals surface area contributed by atoms with Gasteiger partial charge in [0.1, 0.15) is 0 Å². The van der Waals surface area contributed by atoms with Crippen LogP contribution in [0.4, 0.5) is 11.4 Å². The zero-order valence-corrected chi connectivity index (χ0v) is 40.6. The maximum absolute atomic E-state index is 2.82. The number of rotatable bonds is 4. The first-order valence-electron chi connectivity index (χ1n) is 27.1. The number of fused-ring (bicyclic) bond motifs is 17. The molecule has 2 nitrogen and oxygen atoms in total. The molecule has 0 amide bonds. The van der Waals surface area contributed by atoms with Crippen molar-refractivity contribution in [2.45, 2.75) is 69.1 Å². The molecule has 7 saturated carbocycles. The zero-order chi connectivity index (χ0) is 45.6.